The lowest BCUT2D eigenvalue weighted by Crippen LogP contribution is -2.39. The maximum absolute atomic E-state index is 11.9. The van der Waals surface area contributed by atoms with Gasteiger partial charge in [-0.05, 0) is 57.9 Å². The molecule has 5 nitrogen and oxygen atoms in total. The Morgan fingerprint density at radius 2 is 1.83 bits per heavy atom. The lowest BCUT2D eigenvalue weighted by Gasteiger charge is -2.33. The maximum atomic E-state index is 11.9. The van der Waals surface area contributed by atoms with E-state index in [1.807, 2.05) is 32.9 Å². The highest BCUT2D eigenvalue weighted by atomic mass is 16.6. The van der Waals surface area contributed by atoms with Crippen molar-refractivity contribution in [3.63, 3.8) is 0 Å². The molecule has 1 aromatic rings. The van der Waals surface area contributed by atoms with Crippen molar-refractivity contribution in [3.8, 4) is 5.75 Å². The standard InChI is InChI=1S/C25H41NO4/c1-5-6-7-8-9-18-28-22-14-12-21(13-15-22)23-20-26(17-19-29-23)16-10-11-24(27)30-25(2,3)4/h12-15,23H,5-11,16-20H2,1-4H3. The number of ether oxygens (including phenoxy) is 3. The van der Waals surface area contributed by atoms with Crippen molar-refractivity contribution in [1.82, 2.24) is 4.90 Å². The monoisotopic (exact) mass is 419 g/mol. The first-order valence-corrected chi connectivity index (χ1v) is 11.7. The van der Waals surface area contributed by atoms with Crippen LogP contribution in [0.25, 0.3) is 0 Å². The highest BCUT2D eigenvalue weighted by Gasteiger charge is 2.22. The summed E-state index contributed by atoms with van der Waals surface area (Å²) >= 11 is 0. The minimum Gasteiger partial charge on any atom is -0.494 e. The highest BCUT2D eigenvalue weighted by Crippen LogP contribution is 2.25. The van der Waals surface area contributed by atoms with Gasteiger partial charge in [0.05, 0.1) is 19.3 Å². The van der Waals surface area contributed by atoms with Crippen molar-refractivity contribution < 1.29 is 19.0 Å². The van der Waals surface area contributed by atoms with Crippen LogP contribution in [0, 0.1) is 0 Å². The van der Waals surface area contributed by atoms with Gasteiger partial charge in [-0.2, -0.15) is 0 Å². The van der Waals surface area contributed by atoms with E-state index >= 15 is 0 Å². The molecular formula is C25H41NO4. The molecule has 2 rings (SSSR count). The normalized spacial score (nSPS) is 17.7. The van der Waals surface area contributed by atoms with Gasteiger partial charge in [0.1, 0.15) is 11.4 Å². The number of benzene rings is 1. The summed E-state index contributed by atoms with van der Waals surface area (Å²) in [7, 11) is 0. The molecule has 1 unspecified atom stereocenters. The van der Waals surface area contributed by atoms with Crippen molar-refractivity contribution in [3.05, 3.63) is 29.8 Å². The zero-order valence-electron chi connectivity index (χ0n) is 19.5. The number of unbranched alkanes of at least 4 members (excludes halogenated alkanes) is 4. The van der Waals surface area contributed by atoms with Gasteiger partial charge in [-0.1, -0.05) is 44.7 Å². The number of hydrogen-bond acceptors (Lipinski definition) is 5. The first-order valence-electron chi connectivity index (χ1n) is 11.7. The van der Waals surface area contributed by atoms with E-state index in [-0.39, 0.29) is 12.1 Å². The third-order valence-electron chi connectivity index (χ3n) is 5.19. The van der Waals surface area contributed by atoms with Crippen LogP contribution in [0.5, 0.6) is 5.75 Å². The number of morpholine rings is 1. The highest BCUT2D eigenvalue weighted by molar-refractivity contribution is 5.69. The fourth-order valence-electron chi connectivity index (χ4n) is 3.62. The topological polar surface area (TPSA) is 48.0 Å². The van der Waals surface area contributed by atoms with Crippen LogP contribution in [0.1, 0.15) is 84.3 Å². The fourth-order valence-corrected chi connectivity index (χ4v) is 3.62. The second-order valence-corrected chi connectivity index (χ2v) is 9.18. The summed E-state index contributed by atoms with van der Waals surface area (Å²) in [6.07, 6.45) is 7.59. The van der Waals surface area contributed by atoms with Crippen molar-refractivity contribution in [2.24, 2.45) is 0 Å². The number of hydrogen-bond donors (Lipinski definition) is 0. The van der Waals surface area contributed by atoms with E-state index in [9.17, 15) is 4.79 Å². The molecule has 1 fully saturated rings. The van der Waals surface area contributed by atoms with Crippen LogP contribution < -0.4 is 4.74 Å². The van der Waals surface area contributed by atoms with Crippen molar-refractivity contribution in [1.29, 1.82) is 0 Å². The van der Waals surface area contributed by atoms with Gasteiger partial charge in [0, 0.05) is 19.5 Å². The molecule has 1 saturated heterocycles. The Balaban J connectivity index is 1.69. The quantitative estimate of drug-likeness (QED) is 0.329. The van der Waals surface area contributed by atoms with E-state index in [4.69, 9.17) is 14.2 Å². The second-order valence-electron chi connectivity index (χ2n) is 9.18. The van der Waals surface area contributed by atoms with Gasteiger partial charge in [0.15, 0.2) is 0 Å². The third-order valence-corrected chi connectivity index (χ3v) is 5.19. The Morgan fingerprint density at radius 1 is 1.10 bits per heavy atom. The molecule has 5 heteroatoms. The van der Waals surface area contributed by atoms with E-state index in [1.54, 1.807) is 0 Å². The molecule has 1 atom stereocenters. The predicted octanol–water partition coefficient (Wildman–Crippen LogP) is 5.53. The molecular weight excluding hydrogens is 378 g/mol. The van der Waals surface area contributed by atoms with Crippen LogP contribution in [0.15, 0.2) is 24.3 Å². The van der Waals surface area contributed by atoms with Gasteiger partial charge in [-0.25, -0.2) is 0 Å². The molecule has 1 heterocycles. The molecule has 0 aromatic heterocycles. The number of rotatable bonds is 12. The van der Waals surface area contributed by atoms with Crippen molar-refractivity contribution >= 4 is 5.97 Å². The largest absolute Gasteiger partial charge is 0.494 e. The first kappa shape index (κ1) is 24.7. The molecule has 0 bridgehead atoms. The second kappa shape index (κ2) is 13.0. The number of carbonyl (C=O) groups excluding carboxylic acids is 1. The zero-order valence-corrected chi connectivity index (χ0v) is 19.5. The number of nitrogens with zero attached hydrogens (tertiary/aromatic N) is 1. The zero-order chi connectivity index (χ0) is 21.8. The van der Waals surface area contributed by atoms with Crippen LogP contribution >= 0.6 is 0 Å². The average molecular weight is 420 g/mol. The smallest absolute Gasteiger partial charge is 0.306 e. The van der Waals surface area contributed by atoms with Crippen LogP contribution in [-0.2, 0) is 14.3 Å². The Morgan fingerprint density at radius 3 is 2.53 bits per heavy atom. The Bertz CT molecular complexity index is 609. The molecule has 0 aliphatic carbocycles. The minimum absolute atomic E-state index is 0.0726. The van der Waals surface area contributed by atoms with Crippen LogP contribution in [0.2, 0.25) is 0 Å². The van der Waals surface area contributed by atoms with Crippen molar-refractivity contribution in [2.45, 2.75) is 84.3 Å². The lowest BCUT2D eigenvalue weighted by molar-refractivity contribution is -0.155. The molecule has 1 aliphatic rings. The van der Waals surface area contributed by atoms with Gasteiger partial charge in [0.2, 0.25) is 0 Å². The summed E-state index contributed by atoms with van der Waals surface area (Å²) in [6, 6.07) is 8.32. The van der Waals surface area contributed by atoms with E-state index < -0.39 is 5.60 Å². The Hall–Kier alpha value is -1.59. The minimum atomic E-state index is -0.411. The van der Waals surface area contributed by atoms with Crippen LogP contribution in [-0.4, -0.2) is 49.3 Å². The summed E-state index contributed by atoms with van der Waals surface area (Å²) in [5.74, 6) is 0.813. The summed E-state index contributed by atoms with van der Waals surface area (Å²) in [6.45, 7) is 12.1. The van der Waals surface area contributed by atoms with Crippen molar-refractivity contribution in [2.75, 3.05) is 32.8 Å². The molecule has 0 spiro atoms. The third kappa shape index (κ3) is 9.94. The summed E-state index contributed by atoms with van der Waals surface area (Å²) in [5, 5.41) is 0. The molecule has 1 aromatic carbocycles. The van der Waals surface area contributed by atoms with E-state index in [2.05, 4.69) is 24.0 Å². The van der Waals surface area contributed by atoms with Crippen LogP contribution in [0.3, 0.4) is 0 Å². The summed E-state index contributed by atoms with van der Waals surface area (Å²) in [5.41, 5.74) is 0.772. The predicted molar refractivity (Wildman–Crippen MR) is 121 cm³/mol. The van der Waals surface area contributed by atoms with Gasteiger partial charge >= 0.3 is 5.97 Å². The SMILES string of the molecule is CCCCCCCOc1ccc(C2CN(CCCC(=O)OC(C)(C)C)CCO2)cc1. The molecule has 0 amide bonds. The average Bonchev–Trinajstić information content (AvgIpc) is 2.70. The van der Waals surface area contributed by atoms with Crippen LogP contribution in [0.4, 0.5) is 0 Å². The molecule has 170 valence electrons. The number of carbonyl (C=O) groups is 1. The van der Waals surface area contributed by atoms with Gasteiger partial charge < -0.3 is 14.2 Å². The molecule has 0 saturated carbocycles. The molecule has 0 N–H and O–H groups in total. The molecule has 1 aliphatic heterocycles. The van der Waals surface area contributed by atoms with E-state index in [0.29, 0.717) is 13.0 Å². The molecule has 30 heavy (non-hydrogen) atoms. The van der Waals surface area contributed by atoms with E-state index in [0.717, 1.165) is 44.8 Å². The first-order chi connectivity index (χ1) is 14.4. The summed E-state index contributed by atoms with van der Waals surface area (Å²) in [4.78, 5) is 14.3. The fraction of sp³-hybridized carbons (Fsp3) is 0.720. The Labute approximate surface area is 183 Å². The Kier molecular flexibility index (Phi) is 10.7. The maximum Gasteiger partial charge on any atom is 0.306 e. The molecule has 0 radical (unpaired) electrons. The van der Waals surface area contributed by atoms with Gasteiger partial charge in [-0.3, -0.25) is 9.69 Å². The summed E-state index contributed by atoms with van der Waals surface area (Å²) < 4.78 is 17.2. The van der Waals surface area contributed by atoms with Gasteiger partial charge in [-0.15, -0.1) is 0 Å². The van der Waals surface area contributed by atoms with E-state index in [1.165, 1.54) is 31.2 Å². The lowest BCUT2D eigenvalue weighted by atomic mass is 10.1. The van der Waals surface area contributed by atoms with Gasteiger partial charge in [0.25, 0.3) is 0 Å². The number of esters is 1.